The van der Waals surface area contributed by atoms with E-state index >= 15 is 0 Å². The molecule has 0 amide bonds. The quantitative estimate of drug-likeness (QED) is 0.749. The summed E-state index contributed by atoms with van der Waals surface area (Å²) >= 11 is 0. The van der Waals surface area contributed by atoms with E-state index in [1.54, 1.807) is 0 Å². The predicted molar refractivity (Wildman–Crippen MR) is 60.7 cm³/mol. The standard InChI is InChI=1S/C13H18N2/c1-2-9-15(8-1)10-12-4-3-5-13(14-12)11-6-7-11/h3-5,11H,1-2,6-10H2. The molecule has 2 aliphatic rings. The molecule has 0 bridgehead atoms. The smallest absolute Gasteiger partial charge is 0.0547 e. The first kappa shape index (κ1) is 9.34. The van der Waals surface area contributed by atoms with Crippen LogP contribution in [0.5, 0.6) is 0 Å². The molecular weight excluding hydrogens is 184 g/mol. The minimum Gasteiger partial charge on any atom is -0.298 e. The Labute approximate surface area is 91.3 Å². The van der Waals surface area contributed by atoms with Gasteiger partial charge in [-0.1, -0.05) is 6.07 Å². The largest absolute Gasteiger partial charge is 0.298 e. The van der Waals surface area contributed by atoms with Gasteiger partial charge in [-0.25, -0.2) is 0 Å². The van der Waals surface area contributed by atoms with Crippen LogP contribution < -0.4 is 0 Å². The van der Waals surface area contributed by atoms with Gasteiger partial charge in [0.15, 0.2) is 0 Å². The molecule has 0 aromatic carbocycles. The van der Waals surface area contributed by atoms with Crippen LogP contribution in [0.4, 0.5) is 0 Å². The summed E-state index contributed by atoms with van der Waals surface area (Å²) in [4.78, 5) is 7.27. The molecule has 1 aromatic rings. The van der Waals surface area contributed by atoms with Gasteiger partial charge in [0.25, 0.3) is 0 Å². The van der Waals surface area contributed by atoms with Crippen LogP contribution in [-0.2, 0) is 6.54 Å². The van der Waals surface area contributed by atoms with Gasteiger partial charge in [0.1, 0.15) is 0 Å². The van der Waals surface area contributed by atoms with Crippen molar-refractivity contribution >= 4 is 0 Å². The Hall–Kier alpha value is -0.890. The Balaban J connectivity index is 1.70. The molecule has 3 rings (SSSR count). The first-order valence-corrected chi connectivity index (χ1v) is 6.10. The number of nitrogens with zero attached hydrogens (tertiary/aromatic N) is 2. The number of rotatable bonds is 3. The zero-order valence-corrected chi connectivity index (χ0v) is 9.15. The van der Waals surface area contributed by atoms with Gasteiger partial charge in [-0.3, -0.25) is 9.88 Å². The molecule has 2 heterocycles. The fraction of sp³-hybridized carbons (Fsp3) is 0.615. The van der Waals surface area contributed by atoms with E-state index in [9.17, 15) is 0 Å². The van der Waals surface area contributed by atoms with Crippen LogP contribution in [0.2, 0.25) is 0 Å². The third-order valence-corrected chi connectivity index (χ3v) is 3.41. The van der Waals surface area contributed by atoms with Crippen LogP contribution in [0.15, 0.2) is 18.2 Å². The van der Waals surface area contributed by atoms with Gasteiger partial charge in [0.2, 0.25) is 0 Å². The number of pyridine rings is 1. The van der Waals surface area contributed by atoms with Crippen LogP contribution >= 0.6 is 0 Å². The van der Waals surface area contributed by atoms with Gasteiger partial charge < -0.3 is 0 Å². The van der Waals surface area contributed by atoms with Crippen molar-refractivity contribution in [1.29, 1.82) is 0 Å². The van der Waals surface area contributed by atoms with E-state index in [0.29, 0.717) is 0 Å². The second-order valence-electron chi connectivity index (χ2n) is 4.81. The third-order valence-electron chi connectivity index (χ3n) is 3.41. The first-order valence-electron chi connectivity index (χ1n) is 6.10. The highest BCUT2D eigenvalue weighted by Crippen LogP contribution is 2.38. The lowest BCUT2D eigenvalue weighted by Gasteiger charge is -2.14. The summed E-state index contributed by atoms with van der Waals surface area (Å²) in [5.41, 5.74) is 2.59. The molecule has 2 fully saturated rings. The highest BCUT2D eigenvalue weighted by molar-refractivity contribution is 5.18. The SMILES string of the molecule is c1cc(CN2CCCC2)nc(C2CC2)c1. The van der Waals surface area contributed by atoms with Crippen LogP contribution in [0, 0.1) is 0 Å². The van der Waals surface area contributed by atoms with E-state index in [1.165, 1.54) is 50.2 Å². The second-order valence-corrected chi connectivity index (χ2v) is 4.81. The molecule has 0 unspecified atom stereocenters. The van der Waals surface area contributed by atoms with Gasteiger partial charge in [-0.2, -0.15) is 0 Å². The molecule has 15 heavy (non-hydrogen) atoms. The number of aromatic nitrogens is 1. The zero-order valence-electron chi connectivity index (χ0n) is 9.15. The second kappa shape index (κ2) is 3.93. The van der Waals surface area contributed by atoms with Crippen LogP contribution in [0.3, 0.4) is 0 Å². The summed E-state index contributed by atoms with van der Waals surface area (Å²) in [6, 6.07) is 6.53. The van der Waals surface area contributed by atoms with Crippen LogP contribution in [0.25, 0.3) is 0 Å². The van der Waals surface area contributed by atoms with Gasteiger partial charge in [-0.15, -0.1) is 0 Å². The molecule has 0 atom stereocenters. The van der Waals surface area contributed by atoms with E-state index < -0.39 is 0 Å². The molecule has 1 aromatic heterocycles. The molecule has 2 heteroatoms. The Kier molecular flexibility index (Phi) is 2.45. The predicted octanol–water partition coefficient (Wildman–Crippen LogP) is 2.55. The zero-order chi connectivity index (χ0) is 10.1. The number of hydrogen-bond donors (Lipinski definition) is 0. The molecule has 0 spiro atoms. The molecule has 1 aliphatic carbocycles. The lowest BCUT2D eigenvalue weighted by Crippen LogP contribution is -2.19. The molecular formula is C13H18N2. The van der Waals surface area contributed by atoms with E-state index in [0.717, 1.165) is 12.5 Å². The maximum Gasteiger partial charge on any atom is 0.0547 e. The lowest BCUT2D eigenvalue weighted by molar-refractivity contribution is 0.327. The number of hydrogen-bond acceptors (Lipinski definition) is 2. The van der Waals surface area contributed by atoms with Gasteiger partial charge in [0, 0.05) is 18.2 Å². The normalized spacial score (nSPS) is 22.1. The molecule has 0 N–H and O–H groups in total. The molecule has 1 aliphatic heterocycles. The van der Waals surface area contributed by atoms with E-state index in [4.69, 9.17) is 4.98 Å². The summed E-state index contributed by atoms with van der Waals surface area (Å²) in [6.45, 7) is 3.57. The third kappa shape index (κ3) is 2.20. The van der Waals surface area contributed by atoms with Crippen molar-refractivity contribution < 1.29 is 0 Å². The molecule has 1 saturated carbocycles. The summed E-state index contributed by atoms with van der Waals surface area (Å²) < 4.78 is 0. The van der Waals surface area contributed by atoms with Crippen molar-refractivity contribution in [1.82, 2.24) is 9.88 Å². The van der Waals surface area contributed by atoms with Crippen molar-refractivity contribution in [3.63, 3.8) is 0 Å². The van der Waals surface area contributed by atoms with Crippen LogP contribution in [-0.4, -0.2) is 23.0 Å². The average Bonchev–Trinajstić information content (AvgIpc) is 3.00. The molecule has 1 saturated heterocycles. The van der Waals surface area contributed by atoms with Crippen molar-refractivity contribution in [3.8, 4) is 0 Å². The van der Waals surface area contributed by atoms with E-state index in [2.05, 4.69) is 23.1 Å². The fourth-order valence-corrected chi connectivity index (χ4v) is 2.36. The summed E-state index contributed by atoms with van der Waals surface area (Å²) in [6.07, 6.45) is 5.42. The van der Waals surface area contributed by atoms with E-state index in [1.807, 2.05) is 0 Å². The highest BCUT2D eigenvalue weighted by atomic mass is 15.1. The van der Waals surface area contributed by atoms with Gasteiger partial charge in [0.05, 0.1) is 5.69 Å². The van der Waals surface area contributed by atoms with Crippen LogP contribution in [0.1, 0.15) is 43.0 Å². The summed E-state index contributed by atoms with van der Waals surface area (Å²) in [7, 11) is 0. The van der Waals surface area contributed by atoms with Crippen molar-refractivity contribution in [3.05, 3.63) is 29.6 Å². The molecule has 2 nitrogen and oxygen atoms in total. The average molecular weight is 202 g/mol. The van der Waals surface area contributed by atoms with E-state index in [-0.39, 0.29) is 0 Å². The van der Waals surface area contributed by atoms with Crippen molar-refractivity contribution in [2.75, 3.05) is 13.1 Å². The Morgan fingerprint density at radius 1 is 1.20 bits per heavy atom. The van der Waals surface area contributed by atoms with Crippen molar-refractivity contribution in [2.24, 2.45) is 0 Å². The number of likely N-dealkylation sites (tertiary alicyclic amines) is 1. The Morgan fingerprint density at radius 2 is 2.00 bits per heavy atom. The maximum absolute atomic E-state index is 4.76. The monoisotopic (exact) mass is 202 g/mol. The maximum atomic E-state index is 4.76. The lowest BCUT2D eigenvalue weighted by atomic mass is 10.2. The minimum atomic E-state index is 0.781. The van der Waals surface area contributed by atoms with Crippen molar-refractivity contribution in [2.45, 2.75) is 38.1 Å². The van der Waals surface area contributed by atoms with Gasteiger partial charge in [-0.05, 0) is 50.9 Å². The Bertz CT molecular complexity index is 338. The highest BCUT2D eigenvalue weighted by Gasteiger charge is 2.25. The minimum absolute atomic E-state index is 0.781. The first-order chi connectivity index (χ1) is 7.42. The molecule has 0 radical (unpaired) electrons. The fourth-order valence-electron chi connectivity index (χ4n) is 2.36. The van der Waals surface area contributed by atoms with Gasteiger partial charge >= 0.3 is 0 Å². The summed E-state index contributed by atoms with van der Waals surface area (Å²) in [5.74, 6) is 0.781. The summed E-state index contributed by atoms with van der Waals surface area (Å²) in [5, 5.41) is 0. The molecule has 80 valence electrons. The Morgan fingerprint density at radius 3 is 2.73 bits per heavy atom. The topological polar surface area (TPSA) is 16.1 Å².